The number of aliphatic hydroxyl groups is 1. The second kappa shape index (κ2) is 8.14. The number of carbonyl (C=O) groups is 3. The average Bonchev–Trinajstić information content (AvgIpc) is 3.37. The molecule has 178 valence electrons. The van der Waals surface area contributed by atoms with E-state index in [0.29, 0.717) is 24.3 Å². The molecule has 3 heterocycles. The van der Waals surface area contributed by atoms with Crippen LogP contribution in [0.15, 0.2) is 36.9 Å². The molecule has 0 aromatic heterocycles. The van der Waals surface area contributed by atoms with Gasteiger partial charge < -0.3 is 29.5 Å². The van der Waals surface area contributed by atoms with Gasteiger partial charge in [-0.15, -0.1) is 6.58 Å². The number of rotatable bonds is 8. The number of amides is 2. The van der Waals surface area contributed by atoms with Crippen LogP contribution in [0.1, 0.15) is 26.7 Å². The molecule has 4 rings (SSSR count). The fourth-order valence-electron chi connectivity index (χ4n) is 5.94. The molecule has 1 spiro atoms. The summed E-state index contributed by atoms with van der Waals surface area (Å²) in [5, 5.41) is 19.8. The summed E-state index contributed by atoms with van der Waals surface area (Å²) in [5.74, 6) is -3.38. The van der Waals surface area contributed by atoms with Crippen molar-refractivity contribution in [3.05, 3.63) is 36.9 Å². The maximum absolute atomic E-state index is 14.1. The monoisotopic (exact) mass is 458 g/mol. The molecule has 3 aliphatic heterocycles. The van der Waals surface area contributed by atoms with E-state index in [1.165, 1.54) is 9.80 Å². The highest BCUT2D eigenvalue weighted by Gasteiger charge is 2.78. The summed E-state index contributed by atoms with van der Waals surface area (Å²) >= 11 is 0. The molecule has 1 aromatic carbocycles. The number of carboxylic acid groups (broad SMARTS) is 1. The number of hydrogen-bond acceptors (Lipinski definition) is 6. The van der Waals surface area contributed by atoms with Crippen molar-refractivity contribution in [3.63, 3.8) is 0 Å². The number of aliphatic hydroxyl groups excluding tert-OH is 1. The Morgan fingerprint density at radius 3 is 2.58 bits per heavy atom. The Kier molecular flexibility index (Phi) is 5.74. The van der Waals surface area contributed by atoms with Crippen LogP contribution in [-0.2, 0) is 19.1 Å². The third-order valence-electron chi connectivity index (χ3n) is 7.42. The number of carbonyl (C=O) groups excluding carboxylic acids is 2. The summed E-state index contributed by atoms with van der Waals surface area (Å²) in [6.07, 6.45) is 2.41. The van der Waals surface area contributed by atoms with E-state index in [1.54, 1.807) is 51.3 Å². The van der Waals surface area contributed by atoms with Crippen molar-refractivity contribution in [1.29, 1.82) is 0 Å². The topological polar surface area (TPSA) is 117 Å². The summed E-state index contributed by atoms with van der Waals surface area (Å²) in [7, 11) is 1.55. The smallest absolute Gasteiger partial charge is 0.310 e. The highest BCUT2D eigenvalue weighted by Crippen LogP contribution is 2.63. The Morgan fingerprint density at radius 1 is 1.36 bits per heavy atom. The molecule has 0 aliphatic carbocycles. The van der Waals surface area contributed by atoms with E-state index >= 15 is 0 Å². The highest BCUT2D eigenvalue weighted by atomic mass is 16.5. The van der Waals surface area contributed by atoms with Crippen LogP contribution in [0, 0.1) is 11.8 Å². The molecule has 0 saturated carbocycles. The van der Waals surface area contributed by atoms with Gasteiger partial charge in [0.15, 0.2) is 0 Å². The molecular formula is C24H30N2O7. The molecule has 0 radical (unpaired) electrons. The summed E-state index contributed by atoms with van der Waals surface area (Å²) in [5.41, 5.74) is -1.71. The van der Waals surface area contributed by atoms with Crippen molar-refractivity contribution in [2.75, 3.05) is 25.2 Å². The van der Waals surface area contributed by atoms with E-state index in [2.05, 4.69) is 6.58 Å². The molecule has 2 unspecified atom stereocenters. The van der Waals surface area contributed by atoms with Crippen LogP contribution >= 0.6 is 0 Å². The van der Waals surface area contributed by atoms with Crippen molar-refractivity contribution in [2.45, 2.75) is 50.0 Å². The third-order valence-corrected chi connectivity index (χ3v) is 7.42. The number of nitrogens with zero attached hydrogens (tertiary/aromatic N) is 2. The van der Waals surface area contributed by atoms with E-state index in [0.717, 1.165) is 0 Å². The van der Waals surface area contributed by atoms with Crippen molar-refractivity contribution in [1.82, 2.24) is 4.90 Å². The minimum atomic E-state index is -1.26. The molecule has 3 fully saturated rings. The van der Waals surface area contributed by atoms with Gasteiger partial charge in [-0.1, -0.05) is 6.08 Å². The normalized spacial score (nSPS) is 33.0. The molecule has 6 atom stereocenters. The summed E-state index contributed by atoms with van der Waals surface area (Å²) in [6.45, 7) is 6.93. The second-order valence-electron chi connectivity index (χ2n) is 9.28. The zero-order chi connectivity index (χ0) is 24.1. The van der Waals surface area contributed by atoms with Gasteiger partial charge in [-0.2, -0.15) is 0 Å². The van der Waals surface area contributed by atoms with E-state index in [1.807, 2.05) is 0 Å². The predicted molar refractivity (Wildman–Crippen MR) is 119 cm³/mol. The standard InChI is InChI=1S/C24H30N2O7/c1-5-12-25(15-6-8-16(32-4)9-7-15)21(29)19-24-11-10-23(3,33-24)18(22(30)31)17(24)20(28)26(19)14(2)13-27/h5-9,14,17-19,27H,1,10-13H2,2-4H3,(H,30,31)/t14-,17+,18-,19?,23+,24?/m1/s1. The number of carboxylic acids is 1. The van der Waals surface area contributed by atoms with Gasteiger partial charge in [-0.25, -0.2) is 0 Å². The number of methoxy groups -OCH3 is 1. The van der Waals surface area contributed by atoms with Crippen LogP contribution in [0.5, 0.6) is 5.75 Å². The number of aliphatic carboxylic acids is 1. The van der Waals surface area contributed by atoms with Crippen LogP contribution < -0.4 is 9.64 Å². The lowest BCUT2D eigenvalue weighted by Gasteiger charge is -2.38. The van der Waals surface area contributed by atoms with E-state index in [9.17, 15) is 24.6 Å². The molecule has 9 nitrogen and oxygen atoms in total. The lowest BCUT2D eigenvalue weighted by Crippen LogP contribution is -2.58. The lowest BCUT2D eigenvalue weighted by atomic mass is 9.66. The molecule has 3 aliphatic rings. The Bertz CT molecular complexity index is 980. The van der Waals surface area contributed by atoms with Gasteiger partial charge in [0, 0.05) is 12.2 Å². The minimum Gasteiger partial charge on any atom is -0.497 e. The number of hydrogen-bond donors (Lipinski definition) is 2. The van der Waals surface area contributed by atoms with Crippen LogP contribution in [0.3, 0.4) is 0 Å². The Morgan fingerprint density at radius 2 is 2.03 bits per heavy atom. The number of likely N-dealkylation sites (tertiary alicyclic amines) is 1. The van der Waals surface area contributed by atoms with Crippen molar-refractivity contribution in [2.24, 2.45) is 11.8 Å². The number of fused-ring (bicyclic) bond motifs is 1. The largest absolute Gasteiger partial charge is 0.497 e. The molecule has 2 N–H and O–H groups in total. The molecule has 9 heteroatoms. The first kappa shape index (κ1) is 23.3. The number of benzene rings is 1. The third kappa shape index (κ3) is 3.25. The first-order valence-electron chi connectivity index (χ1n) is 11.1. The SMILES string of the molecule is C=CCN(C(=O)C1N([C@H](C)CO)C(=O)[C@@H]2[C@H](C(=O)O)[C@]3(C)CCC12O3)c1ccc(OC)cc1. The van der Waals surface area contributed by atoms with Crippen LogP contribution in [0.25, 0.3) is 0 Å². The highest BCUT2D eigenvalue weighted by molar-refractivity contribution is 6.04. The van der Waals surface area contributed by atoms with Crippen molar-refractivity contribution < 1.29 is 34.1 Å². The van der Waals surface area contributed by atoms with Gasteiger partial charge >= 0.3 is 5.97 Å². The molecular weight excluding hydrogens is 428 g/mol. The van der Waals surface area contributed by atoms with E-state index in [4.69, 9.17) is 9.47 Å². The van der Waals surface area contributed by atoms with Crippen molar-refractivity contribution in [3.8, 4) is 5.75 Å². The fraction of sp³-hybridized carbons (Fsp3) is 0.542. The Hall–Kier alpha value is -2.91. The van der Waals surface area contributed by atoms with Crippen molar-refractivity contribution >= 4 is 23.5 Å². The number of anilines is 1. The Balaban J connectivity index is 1.81. The zero-order valence-electron chi connectivity index (χ0n) is 19.1. The molecule has 3 saturated heterocycles. The molecule has 2 bridgehead atoms. The first-order valence-corrected chi connectivity index (χ1v) is 11.1. The minimum absolute atomic E-state index is 0.178. The first-order chi connectivity index (χ1) is 15.6. The fourth-order valence-corrected chi connectivity index (χ4v) is 5.94. The van der Waals surface area contributed by atoms with Gasteiger partial charge in [-0.3, -0.25) is 14.4 Å². The van der Waals surface area contributed by atoms with E-state index in [-0.39, 0.29) is 13.2 Å². The number of ether oxygens (including phenoxy) is 2. The van der Waals surface area contributed by atoms with E-state index < -0.39 is 52.9 Å². The van der Waals surface area contributed by atoms with Gasteiger partial charge in [-0.05, 0) is 51.0 Å². The molecule has 1 aromatic rings. The second-order valence-corrected chi connectivity index (χ2v) is 9.28. The quantitative estimate of drug-likeness (QED) is 0.566. The van der Waals surface area contributed by atoms with Crippen LogP contribution in [0.2, 0.25) is 0 Å². The summed E-state index contributed by atoms with van der Waals surface area (Å²) in [6, 6.07) is 5.18. The zero-order valence-corrected chi connectivity index (χ0v) is 19.1. The predicted octanol–water partition coefficient (Wildman–Crippen LogP) is 1.44. The van der Waals surface area contributed by atoms with Crippen LogP contribution in [0.4, 0.5) is 5.69 Å². The molecule has 2 amide bonds. The summed E-state index contributed by atoms with van der Waals surface area (Å²) in [4.78, 5) is 42.8. The molecule has 33 heavy (non-hydrogen) atoms. The van der Waals surface area contributed by atoms with Crippen LogP contribution in [-0.4, -0.2) is 76.4 Å². The lowest BCUT2D eigenvalue weighted by molar-refractivity contribution is -0.155. The van der Waals surface area contributed by atoms with Gasteiger partial charge in [0.2, 0.25) is 5.91 Å². The maximum atomic E-state index is 14.1. The van der Waals surface area contributed by atoms with Gasteiger partial charge in [0.1, 0.15) is 17.4 Å². The maximum Gasteiger partial charge on any atom is 0.310 e. The average molecular weight is 459 g/mol. The van der Waals surface area contributed by atoms with Gasteiger partial charge in [0.25, 0.3) is 5.91 Å². The Labute approximate surface area is 192 Å². The summed E-state index contributed by atoms with van der Waals surface area (Å²) < 4.78 is 11.6. The van der Waals surface area contributed by atoms with Gasteiger partial charge in [0.05, 0.1) is 37.2 Å².